The van der Waals surface area contributed by atoms with E-state index in [0.29, 0.717) is 5.56 Å². The molecule has 1 fully saturated rings. The van der Waals surface area contributed by atoms with Gasteiger partial charge in [0.05, 0.1) is 11.6 Å². The summed E-state index contributed by atoms with van der Waals surface area (Å²) in [4.78, 5) is 37.7. The number of nitrogens with zero attached hydrogens (tertiary/aromatic N) is 1. The van der Waals surface area contributed by atoms with Crippen molar-refractivity contribution < 1.29 is 29.0 Å². The standard InChI is InChI=1S/C23H22FNO5/c1-2-14-5-7-15(8-6-14)20-19(21(28)16-9-11-17(24)12-10-16)22(29)23(30)25(20)13-3-4-18(26)27/h5-12,20,28H,2-4,13H2,1H3,(H,26,27)/t20-/m0/s1. The lowest BCUT2D eigenvalue weighted by atomic mass is 9.94. The largest absolute Gasteiger partial charge is 0.507 e. The molecule has 1 aliphatic rings. The first-order chi connectivity index (χ1) is 14.3. The van der Waals surface area contributed by atoms with Gasteiger partial charge < -0.3 is 15.1 Å². The van der Waals surface area contributed by atoms with Crippen LogP contribution in [-0.4, -0.2) is 39.3 Å². The zero-order valence-electron chi connectivity index (χ0n) is 16.5. The fourth-order valence-corrected chi connectivity index (χ4v) is 3.56. The summed E-state index contributed by atoms with van der Waals surface area (Å²) in [6.07, 6.45) is 0.833. The van der Waals surface area contributed by atoms with Gasteiger partial charge >= 0.3 is 5.97 Å². The van der Waals surface area contributed by atoms with Crippen LogP contribution in [-0.2, 0) is 20.8 Å². The summed E-state index contributed by atoms with van der Waals surface area (Å²) in [5.74, 6) is -3.53. The van der Waals surface area contributed by atoms with Gasteiger partial charge in [0.1, 0.15) is 11.6 Å². The van der Waals surface area contributed by atoms with Crippen LogP contribution in [0.2, 0.25) is 0 Å². The molecule has 0 radical (unpaired) electrons. The van der Waals surface area contributed by atoms with Gasteiger partial charge in [-0.3, -0.25) is 14.4 Å². The third kappa shape index (κ3) is 4.25. The zero-order chi connectivity index (χ0) is 21.8. The molecule has 156 valence electrons. The van der Waals surface area contributed by atoms with Crippen LogP contribution in [0, 0.1) is 5.82 Å². The van der Waals surface area contributed by atoms with Crippen molar-refractivity contribution in [2.45, 2.75) is 32.2 Å². The van der Waals surface area contributed by atoms with Crippen molar-refractivity contribution in [1.82, 2.24) is 4.90 Å². The van der Waals surface area contributed by atoms with E-state index in [-0.39, 0.29) is 30.5 Å². The average molecular weight is 411 g/mol. The maximum atomic E-state index is 13.3. The Hall–Kier alpha value is -3.48. The highest BCUT2D eigenvalue weighted by molar-refractivity contribution is 6.46. The summed E-state index contributed by atoms with van der Waals surface area (Å²) >= 11 is 0. The number of likely N-dealkylation sites (tertiary alicyclic amines) is 1. The van der Waals surface area contributed by atoms with Gasteiger partial charge in [-0.05, 0) is 48.2 Å². The SMILES string of the molecule is CCc1ccc([C@H]2C(=C(O)c3ccc(F)cc3)C(=O)C(=O)N2CCCC(=O)O)cc1. The number of aliphatic hydroxyl groups is 1. The Bertz CT molecular complexity index is 995. The lowest BCUT2D eigenvalue weighted by Gasteiger charge is -2.25. The molecule has 0 spiro atoms. The molecular formula is C23H22FNO5. The van der Waals surface area contributed by atoms with Crippen LogP contribution >= 0.6 is 0 Å². The molecule has 30 heavy (non-hydrogen) atoms. The molecule has 1 saturated heterocycles. The molecular weight excluding hydrogens is 389 g/mol. The van der Waals surface area contributed by atoms with Gasteiger partial charge in [0, 0.05) is 18.5 Å². The van der Waals surface area contributed by atoms with Crippen LogP contribution < -0.4 is 0 Å². The van der Waals surface area contributed by atoms with E-state index in [0.717, 1.165) is 24.1 Å². The molecule has 7 heteroatoms. The number of Topliss-reactive ketones (excluding diaryl/α,β-unsaturated/α-hetero) is 1. The van der Waals surface area contributed by atoms with E-state index in [9.17, 15) is 23.9 Å². The van der Waals surface area contributed by atoms with Crippen LogP contribution in [0.15, 0.2) is 54.1 Å². The highest BCUT2D eigenvalue weighted by atomic mass is 19.1. The fraction of sp³-hybridized carbons (Fsp3) is 0.261. The number of ketones is 1. The van der Waals surface area contributed by atoms with E-state index in [2.05, 4.69) is 0 Å². The Morgan fingerprint density at radius 1 is 1.03 bits per heavy atom. The fourth-order valence-electron chi connectivity index (χ4n) is 3.56. The molecule has 6 nitrogen and oxygen atoms in total. The zero-order valence-corrected chi connectivity index (χ0v) is 16.5. The quantitative estimate of drug-likeness (QED) is 0.412. The van der Waals surface area contributed by atoms with E-state index in [4.69, 9.17) is 5.11 Å². The molecule has 0 unspecified atom stereocenters. The molecule has 1 heterocycles. The lowest BCUT2D eigenvalue weighted by molar-refractivity contribution is -0.140. The van der Waals surface area contributed by atoms with Crippen LogP contribution in [0.4, 0.5) is 4.39 Å². The first-order valence-electron chi connectivity index (χ1n) is 9.68. The Kier molecular flexibility index (Phi) is 6.30. The minimum atomic E-state index is -0.998. The molecule has 1 atom stereocenters. The molecule has 1 amide bonds. The number of carbonyl (C=O) groups is 3. The normalized spacial score (nSPS) is 18.1. The number of aliphatic hydroxyl groups excluding tert-OH is 1. The molecule has 2 aromatic carbocycles. The van der Waals surface area contributed by atoms with Crippen molar-refractivity contribution in [3.05, 3.63) is 76.6 Å². The molecule has 2 aromatic rings. The van der Waals surface area contributed by atoms with Gasteiger partial charge in [-0.25, -0.2) is 4.39 Å². The monoisotopic (exact) mass is 411 g/mol. The smallest absolute Gasteiger partial charge is 0.303 e. The molecule has 0 bridgehead atoms. The first-order valence-corrected chi connectivity index (χ1v) is 9.68. The van der Waals surface area contributed by atoms with Gasteiger partial charge in [0.2, 0.25) is 0 Å². The van der Waals surface area contributed by atoms with Crippen LogP contribution in [0.1, 0.15) is 42.5 Å². The van der Waals surface area contributed by atoms with Gasteiger partial charge in [-0.15, -0.1) is 0 Å². The summed E-state index contributed by atoms with van der Waals surface area (Å²) in [5.41, 5.74) is 1.83. The second-order valence-corrected chi connectivity index (χ2v) is 7.09. The molecule has 0 saturated carbocycles. The average Bonchev–Trinajstić information content (AvgIpc) is 2.98. The summed E-state index contributed by atoms with van der Waals surface area (Å²) in [6.45, 7) is 2.05. The number of aliphatic carboxylic acids is 1. The van der Waals surface area contributed by atoms with Gasteiger partial charge in [-0.1, -0.05) is 31.2 Å². The number of amides is 1. The number of hydrogen-bond donors (Lipinski definition) is 2. The van der Waals surface area contributed by atoms with Crippen LogP contribution in [0.25, 0.3) is 5.76 Å². The number of benzene rings is 2. The number of carbonyl (C=O) groups excluding carboxylic acids is 2. The summed E-state index contributed by atoms with van der Waals surface area (Å²) in [6, 6.07) is 11.5. The summed E-state index contributed by atoms with van der Waals surface area (Å²) < 4.78 is 13.3. The van der Waals surface area contributed by atoms with E-state index >= 15 is 0 Å². The van der Waals surface area contributed by atoms with Gasteiger partial charge in [0.25, 0.3) is 11.7 Å². The Morgan fingerprint density at radius 3 is 2.23 bits per heavy atom. The molecule has 2 N–H and O–H groups in total. The minimum Gasteiger partial charge on any atom is -0.507 e. The van der Waals surface area contributed by atoms with E-state index in [1.807, 2.05) is 19.1 Å². The number of carboxylic acid groups (broad SMARTS) is 1. The minimum absolute atomic E-state index is 0.0528. The molecule has 1 aliphatic heterocycles. The predicted molar refractivity (Wildman–Crippen MR) is 108 cm³/mol. The third-order valence-electron chi connectivity index (χ3n) is 5.15. The topological polar surface area (TPSA) is 94.9 Å². The van der Waals surface area contributed by atoms with Crippen LogP contribution in [0.5, 0.6) is 0 Å². The summed E-state index contributed by atoms with van der Waals surface area (Å²) in [7, 11) is 0. The van der Waals surface area contributed by atoms with E-state index < -0.39 is 35.3 Å². The van der Waals surface area contributed by atoms with Crippen molar-refractivity contribution in [2.24, 2.45) is 0 Å². The highest BCUT2D eigenvalue weighted by Gasteiger charge is 2.45. The van der Waals surface area contributed by atoms with Crippen molar-refractivity contribution >= 4 is 23.4 Å². The maximum absolute atomic E-state index is 13.3. The predicted octanol–water partition coefficient (Wildman–Crippen LogP) is 3.67. The lowest BCUT2D eigenvalue weighted by Crippen LogP contribution is -2.31. The van der Waals surface area contributed by atoms with Gasteiger partial charge in [-0.2, -0.15) is 0 Å². The number of hydrogen-bond acceptors (Lipinski definition) is 4. The summed E-state index contributed by atoms with van der Waals surface area (Å²) in [5, 5.41) is 19.7. The Balaban J connectivity index is 2.08. The Labute approximate surface area is 173 Å². The third-order valence-corrected chi connectivity index (χ3v) is 5.15. The second kappa shape index (κ2) is 8.90. The van der Waals surface area contributed by atoms with Crippen molar-refractivity contribution in [3.63, 3.8) is 0 Å². The number of rotatable bonds is 7. The number of halogens is 1. The first kappa shape index (κ1) is 21.2. The van der Waals surface area contributed by atoms with Crippen molar-refractivity contribution in [3.8, 4) is 0 Å². The van der Waals surface area contributed by atoms with Gasteiger partial charge in [0.15, 0.2) is 0 Å². The molecule has 0 aliphatic carbocycles. The Morgan fingerprint density at radius 2 is 1.67 bits per heavy atom. The van der Waals surface area contributed by atoms with E-state index in [1.165, 1.54) is 17.0 Å². The number of aryl methyl sites for hydroxylation is 1. The number of carboxylic acids is 1. The molecule has 0 aromatic heterocycles. The highest BCUT2D eigenvalue weighted by Crippen LogP contribution is 2.39. The van der Waals surface area contributed by atoms with Crippen molar-refractivity contribution in [1.29, 1.82) is 0 Å². The maximum Gasteiger partial charge on any atom is 0.303 e. The van der Waals surface area contributed by atoms with E-state index in [1.54, 1.807) is 12.1 Å². The second-order valence-electron chi connectivity index (χ2n) is 7.09. The van der Waals surface area contributed by atoms with Crippen molar-refractivity contribution in [2.75, 3.05) is 6.54 Å². The molecule has 3 rings (SSSR count). The van der Waals surface area contributed by atoms with Crippen LogP contribution in [0.3, 0.4) is 0 Å².